The summed E-state index contributed by atoms with van der Waals surface area (Å²) in [6.07, 6.45) is 1.54. The minimum absolute atomic E-state index is 0.0401. The molecule has 37 heavy (non-hydrogen) atoms. The molecule has 3 aromatic carbocycles. The van der Waals surface area contributed by atoms with E-state index in [1.807, 2.05) is 61.5 Å². The predicted molar refractivity (Wildman–Crippen MR) is 140 cm³/mol. The average Bonchev–Trinajstić information content (AvgIpc) is 3.57. The van der Waals surface area contributed by atoms with Crippen LogP contribution in [0.1, 0.15) is 35.7 Å². The van der Waals surface area contributed by atoms with Gasteiger partial charge in [0, 0.05) is 42.7 Å². The maximum absolute atomic E-state index is 13.8. The maximum Gasteiger partial charge on any atom is 0.196 e. The fourth-order valence-corrected chi connectivity index (χ4v) is 5.71. The van der Waals surface area contributed by atoms with Crippen LogP contribution < -0.4 is 15.0 Å². The standard InChI is InChI=1S/C29H27N3O5/c1-2-34-19-9-7-18(8-10-19)30-22-17-23(32-13-11-29(12-14-32)35-15-16-36-29)26-25-24(22)27(33)20-5-3-4-6-21(20)28(25)37-31-26/h3-10,17,30H,2,11-16H2,1H3. The monoisotopic (exact) mass is 497 g/mol. The van der Waals surface area contributed by atoms with Gasteiger partial charge in [-0.05, 0) is 37.3 Å². The molecule has 8 nitrogen and oxygen atoms in total. The van der Waals surface area contributed by atoms with Gasteiger partial charge in [0.25, 0.3) is 0 Å². The molecule has 2 fully saturated rings. The summed E-state index contributed by atoms with van der Waals surface area (Å²) in [4.78, 5) is 16.1. The molecule has 7 rings (SSSR count). The Morgan fingerprint density at radius 3 is 2.49 bits per heavy atom. The molecule has 0 amide bonds. The number of nitrogens with zero attached hydrogens (tertiary/aromatic N) is 2. The molecule has 0 atom stereocenters. The molecule has 3 heterocycles. The predicted octanol–water partition coefficient (Wildman–Crippen LogP) is 5.52. The van der Waals surface area contributed by atoms with Gasteiger partial charge < -0.3 is 29.0 Å². The van der Waals surface area contributed by atoms with E-state index in [0.29, 0.717) is 42.2 Å². The van der Waals surface area contributed by atoms with Crippen molar-refractivity contribution in [3.63, 3.8) is 0 Å². The number of hydrogen-bond acceptors (Lipinski definition) is 8. The molecule has 8 heteroatoms. The Hall–Kier alpha value is -3.88. The molecule has 2 saturated heterocycles. The van der Waals surface area contributed by atoms with E-state index in [-0.39, 0.29) is 5.78 Å². The summed E-state index contributed by atoms with van der Waals surface area (Å²) in [6.45, 7) is 5.36. The number of rotatable bonds is 5. The van der Waals surface area contributed by atoms with Crippen LogP contribution in [0.5, 0.6) is 5.75 Å². The van der Waals surface area contributed by atoms with E-state index in [2.05, 4.69) is 15.4 Å². The first-order chi connectivity index (χ1) is 18.2. The molecule has 1 aromatic heterocycles. The van der Waals surface area contributed by atoms with Crippen molar-refractivity contribution < 1.29 is 23.5 Å². The van der Waals surface area contributed by atoms with Crippen LogP contribution >= 0.6 is 0 Å². The molecule has 0 radical (unpaired) electrons. The topological polar surface area (TPSA) is 86.1 Å². The molecule has 1 spiro atoms. The van der Waals surface area contributed by atoms with Crippen LogP contribution in [0.2, 0.25) is 0 Å². The Kier molecular flexibility index (Phi) is 5.19. The van der Waals surface area contributed by atoms with Gasteiger partial charge in [-0.3, -0.25) is 4.79 Å². The van der Waals surface area contributed by atoms with Gasteiger partial charge in [-0.15, -0.1) is 0 Å². The smallest absolute Gasteiger partial charge is 0.196 e. The van der Waals surface area contributed by atoms with Crippen LogP contribution in [0.4, 0.5) is 17.1 Å². The number of benzene rings is 3. The second-order valence-electron chi connectivity index (χ2n) is 9.61. The Morgan fingerprint density at radius 1 is 1.03 bits per heavy atom. The number of fused-ring (bicyclic) bond motifs is 2. The highest BCUT2D eigenvalue weighted by Crippen LogP contribution is 2.47. The molecule has 1 aliphatic carbocycles. The van der Waals surface area contributed by atoms with E-state index in [9.17, 15) is 4.79 Å². The van der Waals surface area contributed by atoms with Crippen LogP contribution in [0, 0.1) is 0 Å². The number of ketones is 1. The first-order valence-corrected chi connectivity index (χ1v) is 12.8. The lowest BCUT2D eigenvalue weighted by molar-refractivity contribution is -0.169. The Balaban J connectivity index is 1.35. The normalized spacial score (nSPS) is 17.9. The van der Waals surface area contributed by atoms with Crippen LogP contribution in [0.15, 0.2) is 59.1 Å². The number of aromatic nitrogens is 1. The molecule has 4 aromatic rings. The first kappa shape index (κ1) is 22.3. The SMILES string of the molecule is CCOc1ccc(Nc2cc(N3CCC4(CC3)OCCO4)c3noc4c3c2C(=O)c2ccccc2-4)cc1. The van der Waals surface area contributed by atoms with Gasteiger partial charge in [0.15, 0.2) is 17.3 Å². The van der Waals surface area contributed by atoms with Crippen LogP contribution in [-0.4, -0.2) is 49.6 Å². The van der Waals surface area contributed by atoms with Gasteiger partial charge in [-0.25, -0.2) is 0 Å². The lowest BCUT2D eigenvalue weighted by Crippen LogP contribution is -2.45. The van der Waals surface area contributed by atoms with Crippen molar-refractivity contribution in [2.24, 2.45) is 0 Å². The zero-order valence-electron chi connectivity index (χ0n) is 20.6. The van der Waals surface area contributed by atoms with E-state index in [1.54, 1.807) is 0 Å². The summed E-state index contributed by atoms with van der Waals surface area (Å²) in [5.41, 5.74) is 5.20. The van der Waals surface area contributed by atoms with Crippen molar-refractivity contribution in [2.45, 2.75) is 25.6 Å². The quantitative estimate of drug-likeness (QED) is 0.340. The number of carbonyl (C=O) groups is 1. The van der Waals surface area contributed by atoms with Gasteiger partial charge in [0.05, 0.1) is 42.1 Å². The number of anilines is 3. The van der Waals surface area contributed by atoms with Gasteiger partial charge in [0.1, 0.15) is 11.3 Å². The molecular formula is C29H27N3O5. The summed E-state index contributed by atoms with van der Waals surface area (Å²) in [6, 6.07) is 17.3. The second kappa shape index (κ2) is 8.61. The number of nitrogens with one attached hydrogen (secondary N) is 1. The highest BCUT2D eigenvalue weighted by molar-refractivity contribution is 6.28. The molecule has 3 aliphatic rings. The molecular weight excluding hydrogens is 470 g/mol. The summed E-state index contributed by atoms with van der Waals surface area (Å²) >= 11 is 0. The largest absolute Gasteiger partial charge is 0.494 e. The van der Waals surface area contributed by atoms with Gasteiger partial charge in [0.2, 0.25) is 0 Å². The summed E-state index contributed by atoms with van der Waals surface area (Å²) in [5.74, 6) is 0.915. The second-order valence-corrected chi connectivity index (χ2v) is 9.61. The summed E-state index contributed by atoms with van der Waals surface area (Å²) < 4.78 is 23.4. The lowest BCUT2D eigenvalue weighted by atomic mass is 9.86. The number of piperidine rings is 1. The average molecular weight is 498 g/mol. The summed E-state index contributed by atoms with van der Waals surface area (Å²) in [7, 11) is 0. The van der Waals surface area contributed by atoms with E-state index in [0.717, 1.165) is 59.7 Å². The molecule has 188 valence electrons. The Bertz CT molecular complexity index is 1490. The minimum atomic E-state index is -0.478. The van der Waals surface area contributed by atoms with Crippen LogP contribution in [0.3, 0.4) is 0 Å². The molecule has 0 saturated carbocycles. The lowest BCUT2D eigenvalue weighted by Gasteiger charge is -2.39. The molecule has 0 bridgehead atoms. The van der Waals surface area contributed by atoms with Crippen molar-refractivity contribution in [1.82, 2.24) is 5.16 Å². The van der Waals surface area contributed by atoms with Crippen molar-refractivity contribution in [3.05, 3.63) is 65.7 Å². The zero-order valence-corrected chi connectivity index (χ0v) is 20.6. The number of carbonyl (C=O) groups excluding carboxylic acids is 1. The number of hydrogen-bond donors (Lipinski definition) is 1. The van der Waals surface area contributed by atoms with E-state index in [1.165, 1.54) is 0 Å². The van der Waals surface area contributed by atoms with Crippen molar-refractivity contribution in [1.29, 1.82) is 0 Å². The third-order valence-electron chi connectivity index (χ3n) is 7.50. The third-order valence-corrected chi connectivity index (χ3v) is 7.50. The van der Waals surface area contributed by atoms with Crippen molar-refractivity contribution in [2.75, 3.05) is 43.1 Å². The molecule has 1 N–H and O–H groups in total. The third kappa shape index (κ3) is 3.59. The van der Waals surface area contributed by atoms with Crippen LogP contribution in [0.25, 0.3) is 22.2 Å². The molecule has 0 unspecified atom stereocenters. The van der Waals surface area contributed by atoms with Gasteiger partial charge in [-0.1, -0.05) is 29.4 Å². The van der Waals surface area contributed by atoms with E-state index < -0.39 is 5.79 Å². The zero-order chi connectivity index (χ0) is 25.0. The van der Waals surface area contributed by atoms with Gasteiger partial charge in [-0.2, -0.15) is 0 Å². The van der Waals surface area contributed by atoms with Crippen LogP contribution in [-0.2, 0) is 9.47 Å². The van der Waals surface area contributed by atoms with E-state index >= 15 is 0 Å². The highest BCUT2D eigenvalue weighted by atomic mass is 16.7. The van der Waals surface area contributed by atoms with Crippen molar-refractivity contribution >= 4 is 33.7 Å². The van der Waals surface area contributed by atoms with Gasteiger partial charge >= 0.3 is 0 Å². The Labute approximate surface area is 214 Å². The first-order valence-electron chi connectivity index (χ1n) is 12.8. The highest BCUT2D eigenvalue weighted by Gasteiger charge is 2.41. The number of ether oxygens (including phenoxy) is 3. The van der Waals surface area contributed by atoms with E-state index in [4.69, 9.17) is 18.7 Å². The molecule has 2 aliphatic heterocycles. The fraction of sp³-hybridized carbons (Fsp3) is 0.310. The summed E-state index contributed by atoms with van der Waals surface area (Å²) in [5, 5.41) is 8.75. The maximum atomic E-state index is 13.8. The van der Waals surface area contributed by atoms with Crippen molar-refractivity contribution in [3.8, 4) is 17.1 Å². The Morgan fingerprint density at radius 2 is 1.76 bits per heavy atom. The fourth-order valence-electron chi connectivity index (χ4n) is 5.71. The minimum Gasteiger partial charge on any atom is -0.494 e.